The molecule has 2 aromatic rings. The van der Waals surface area contributed by atoms with E-state index in [2.05, 4.69) is 41.6 Å². The van der Waals surface area contributed by atoms with E-state index in [-0.39, 0.29) is 22.9 Å². The van der Waals surface area contributed by atoms with Gasteiger partial charge in [0.25, 0.3) is 5.91 Å². The van der Waals surface area contributed by atoms with E-state index in [0.717, 1.165) is 50.8 Å². The second-order valence-corrected chi connectivity index (χ2v) is 9.76. The maximum absolute atomic E-state index is 12.3. The number of aromatic nitrogens is 3. The van der Waals surface area contributed by atoms with Crippen LogP contribution in [0.1, 0.15) is 54.6 Å². The zero-order chi connectivity index (χ0) is 27.8. The van der Waals surface area contributed by atoms with E-state index in [9.17, 15) is 4.79 Å². The number of hydrogen-bond acceptors (Lipinski definition) is 11. The van der Waals surface area contributed by atoms with Crippen LogP contribution in [-0.4, -0.2) is 59.1 Å². The smallest absolute Gasteiger partial charge is 0.254 e. The molecule has 204 valence electrons. The molecule has 0 spiro atoms. The molecule has 2 aromatic heterocycles. The fourth-order valence-electron chi connectivity index (χ4n) is 5.05. The summed E-state index contributed by atoms with van der Waals surface area (Å²) in [6.45, 7) is 2.99. The van der Waals surface area contributed by atoms with Crippen molar-refractivity contribution >= 4 is 41.2 Å². The van der Waals surface area contributed by atoms with Gasteiger partial charge in [-0.15, -0.1) is 5.11 Å². The SMILES string of the molecule is N#CCC1CCN(c2nc(C=N)c(C(N)=O)c(Nc3ccc(N4CCC(CC(=N)N=NN)CC4)nc3)n2)CC1. The van der Waals surface area contributed by atoms with E-state index in [0.29, 0.717) is 49.4 Å². The molecule has 7 N–H and O–H groups in total. The molecule has 0 saturated carbocycles. The topological polar surface area (TPSA) is 223 Å². The van der Waals surface area contributed by atoms with E-state index < -0.39 is 5.91 Å². The molecule has 2 aliphatic rings. The van der Waals surface area contributed by atoms with Crippen LogP contribution in [-0.2, 0) is 0 Å². The second kappa shape index (κ2) is 12.7. The van der Waals surface area contributed by atoms with Gasteiger partial charge in [0, 0.05) is 45.2 Å². The molecule has 4 rings (SSSR count). The van der Waals surface area contributed by atoms with Gasteiger partial charge in [-0.2, -0.15) is 10.2 Å². The van der Waals surface area contributed by atoms with Crippen molar-refractivity contribution in [3.8, 4) is 6.07 Å². The maximum atomic E-state index is 12.3. The van der Waals surface area contributed by atoms with Crippen LogP contribution in [0.5, 0.6) is 0 Å². The molecule has 1 amide bonds. The minimum absolute atomic E-state index is 0.0407. The van der Waals surface area contributed by atoms with E-state index >= 15 is 0 Å². The van der Waals surface area contributed by atoms with Gasteiger partial charge in [0.1, 0.15) is 28.7 Å². The van der Waals surface area contributed by atoms with Crippen LogP contribution in [0, 0.1) is 34.0 Å². The van der Waals surface area contributed by atoms with Crippen LogP contribution in [0.15, 0.2) is 28.7 Å². The first-order valence-corrected chi connectivity index (χ1v) is 12.9. The molecule has 0 radical (unpaired) electrons. The summed E-state index contributed by atoms with van der Waals surface area (Å²) >= 11 is 0. The second-order valence-electron chi connectivity index (χ2n) is 9.76. The highest BCUT2D eigenvalue weighted by Crippen LogP contribution is 2.29. The van der Waals surface area contributed by atoms with Crippen molar-refractivity contribution in [2.75, 3.05) is 41.3 Å². The minimum Gasteiger partial charge on any atom is -0.365 e. The van der Waals surface area contributed by atoms with E-state index in [4.69, 9.17) is 27.7 Å². The number of piperidine rings is 2. The minimum atomic E-state index is -0.733. The summed E-state index contributed by atoms with van der Waals surface area (Å²) in [5.41, 5.74) is 6.44. The highest BCUT2D eigenvalue weighted by molar-refractivity contribution is 6.04. The molecule has 14 nitrogen and oxygen atoms in total. The highest BCUT2D eigenvalue weighted by Gasteiger charge is 2.25. The molecule has 4 heterocycles. The van der Waals surface area contributed by atoms with Crippen molar-refractivity contribution in [1.82, 2.24) is 15.0 Å². The summed E-state index contributed by atoms with van der Waals surface area (Å²) < 4.78 is 0. The van der Waals surface area contributed by atoms with Gasteiger partial charge in [-0.3, -0.25) is 10.2 Å². The third kappa shape index (κ3) is 6.81. The number of carbonyl (C=O) groups excluding carboxylic acids is 1. The lowest BCUT2D eigenvalue weighted by atomic mass is 9.93. The molecule has 2 saturated heterocycles. The summed E-state index contributed by atoms with van der Waals surface area (Å²) in [4.78, 5) is 30.1. The van der Waals surface area contributed by atoms with Gasteiger partial charge in [-0.05, 0) is 49.7 Å². The summed E-state index contributed by atoms with van der Waals surface area (Å²) in [6.07, 6.45) is 7.28. The van der Waals surface area contributed by atoms with Crippen molar-refractivity contribution in [3.63, 3.8) is 0 Å². The molecule has 0 aromatic carbocycles. The average Bonchev–Trinajstić information content (AvgIpc) is 2.94. The predicted molar refractivity (Wildman–Crippen MR) is 147 cm³/mol. The van der Waals surface area contributed by atoms with E-state index in [1.54, 1.807) is 6.20 Å². The van der Waals surface area contributed by atoms with Crippen LogP contribution in [0.25, 0.3) is 0 Å². The summed E-state index contributed by atoms with van der Waals surface area (Å²) in [7, 11) is 0. The van der Waals surface area contributed by atoms with Gasteiger partial charge >= 0.3 is 0 Å². The zero-order valence-electron chi connectivity index (χ0n) is 21.7. The van der Waals surface area contributed by atoms with Gasteiger partial charge in [0.2, 0.25) is 5.95 Å². The normalized spacial score (nSPS) is 16.7. The number of hydrogen-bond donors (Lipinski definition) is 5. The molecular weight excluding hydrogens is 498 g/mol. The molecular formula is C25H33N13O. The monoisotopic (exact) mass is 531 g/mol. The fraction of sp³-hybridized carbons (Fsp3) is 0.480. The van der Waals surface area contributed by atoms with Gasteiger partial charge in [-0.1, -0.05) is 5.22 Å². The van der Waals surface area contributed by atoms with Crippen LogP contribution >= 0.6 is 0 Å². The number of nitrogens with zero attached hydrogens (tertiary/aromatic N) is 8. The lowest BCUT2D eigenvalue weighted by molar-refractivity contribution is 0.100. The van der Waals surface area contributed by atoms with Crippen LogP contribution in [0.4, 0.5) is 23.3 Å². The molecule has 2 fully saturated rings. The first-order valence-electron chi connectivity index (χ1n) is 12.9. The Hall–Kier alpha value is -4.67. The van der Waals surface area contributed by atoms with Crippen molar-refractivity contribution in [2.45, 2.75) is 38.5 Å². The Morgan fingerprint density at radius 1 is 1.15 bits per heavy atom. The number of carbonyl (C=O) groups is 1. The van der Waals surface area contributed by atoms with Gasteiger partial charge < -0.3 is 32.1 Å². The quantitative estimate of drug-likeness (QED) is 0.105. The molecule has 14 heteroatoms. The predicted octanol–water partition coefficient (Wildman–Crippen LogP) is 2.75. The summed E-state index contributed by atoms with van der Waals surface area (Å²) in [6, 6.07) is 5.99. The Labute approximate surface area is 226 Å². The largest absolute Gasteiger partial charge is 0.365 e. The number of nitrogens with one attached hydrogen (secondary N) is 3. The first kappa shape index (κ1) is 27.4. The van der Waals surface area contributed by atoms with Gasteiger partial charge in [-0.25, -0.2) is 9.97 Å². The number of primary amides is 1. The average molecular weight is 532 g/mol. The number of rotatable bonds is 9. The summed E-state index contributed by atoms with van der Waals surface area (Å²) in [5.74, 6) is 6.66. The van der Waals surface area contributed by atoms with Crippen LogP contribution in [0.3, 0.4) is 0 Å². The number of amides is 1. The molecule has 0 unspecified atom stereocenters. The van der Waals surface area contributed by atoms with Crippen LogP contribution < -0.4 is 26.7 Å². The Morgan fingerprint density at radius 2 is 1.85 bits per heavy atom. The third-order valence-electron chi connectivity index (χ3n) is 7.20. The van der Waals surface area contributed by atoms with Gasteiger partial charge in [0.15, 0.2) is 0 Å². The van der Waals surface area contributed by atoms with Gasteiger partial charge in [0.05, 0.1) is 18.0 Å². The lowest BCUT2D eigenvalue weighted by Crippen LogP contribution is -2.35. The van der Waals surface area contributed by atoms with Crippen molar-refractivity contribution in [3.05, 3.63) is 29.6 Å². The molecule has 0 aliphatic carbocycles. The Morgan fingerprint density at radius 3 is 2.44 bits per heavy atom. The number of pyridine rings is 1. The van der Waals surface area contributed by atoms with Crippen molar-refractivity contribution < 1.29 is 4.79 Å². The standard InChI is InChI=1S/C25H33N13O/c26-8-3-16-4-11-38(12-5-16)25-33-19(14-27)22(23(29)39)24(34-25)32-18-1-2-21(31-15-18)37-9-6-17(7-10-37)13-20(28)35-36-30/h1-2,14-17,27H,3-7,9-13H2,(H2,29,39)(H3,28,30,35)(H,32,33,34). The first-order chi connectivity index (χ1) is 18.9. The van der Waals surface area contributed by atoms with Crippen LogP contribution in [0.2, 0.25) is 0 Å². The number of amidine groups is 1. The summed E-state index contributed by atoms with van der Waals surface area (Å²) in [5, 5.41) is 34.5. The highest BCUT2D eigenvalue weighted by atomic mass is 16.1. The zero-order valence-corrected chi connectivity index (χ0v) is 21.7. The Kier molecular flexibility index (Phi) is 8.93. The molecule has 39 heavy (non-hydrogen) atoms. The van der Waals surface area contributed by atoms with E-state index in [1.807, 2.05) is 17.0 Å². The molecule has 0 bridgehead atoms. The molecule has 0 atom stereocenters. The number of nitriles is 1. The maximum Gasteiger partial charge on any atom is 0.254 e. The number of anilines is 4. The fourth-order valence-corrected chi connectivity index (χ4v) is 5.05. The van der Waals surface area contributed by atoms with Crippen molar-refractivity contribution in [2.24, 2.45) is 33.7 Å². The molecule has 2 aliphatic heterocycles. The number of nitrogens with two attached hydrogens (primary N) is 2. The lowest BCUT2D eigenvalue weighted by Gasteiger charge is -2.32. The van der Waals surface area contributed by atoms with Crippen molar-refractivity contribution in [1.29, 1.82) is 16.1 Å². The Bertz CT molecular complexity index is 1250. The third-order valence-corrected chi connectivity index (χ3v) is 7.20. The Balaban J connectivity index is 1.46. The van der Waals surface area contributed by atoms with E-state index in [1.165, 1.54) is 0 Å².